The van der Waals surface area contributed by atoms with Crippen LogP contribution in [0.2, 0.25) is 0 Å². The average Bonchev–Trinajstić information content (AvgIpc) is 2.45. The van der Waals surface area contributed by atoms with Gasteiger partial charge in [-0.1, -0.05) is 12.1 Å². The molecule has 2 N–H and O–H groups in total. The molecule has 0 fully saturated rings. The molecule has 6 nitrogen and oxygen atoms in total. The molecular formula is C11H18NO5P2+. The van der Waals surface area contributed by atoms with Crippen LogP contribution < -0.4 is 5.73 Å². The van der Waals surface area contributed by atoms with Crippen molar-refractivity contribution < 1.29 is 22.7 Å². The van der Waals surface area contributed by atoms with Crippen molar-refractivity contribution in [1.29, 1.82) is 0 Å². The summed E-state index contributed by atoms with van der Waals surface area (Å²) in [5, 5.41) is -0.855. The number of benzene rings is 1. The highest BCUT2D eigenvalue weighted by atomic mass is 31.2. The van der Waals surface area contributed by atoms with Crippen molar-refractivity contribution in [2.45, 2.75) is 11.8 Å². The molecule has 0 aliphatic rings. The maximum Gasteiger partial charge on any atom is 0.524 e. The zero-order chi connectivity index (χ0) is 14.5. The second-order valence-corrected chi connectivity index (χ2v) is 8.20. The van der Waals surface area contributed by atoms with Crippen molar-refractivity contribution >= 4 is 21.3 Å². The fraction of sp³-hybridized carbons (Fsp3) is 0.455. The third-order valence-electron chi connectivity index (χ3n) is 2.70. The van der Waals surface area contributed by atoms with Gasteiger partial charge in [-0.3, -0.25) is 4.57 Å². The van der Waals surface area contributed by atoms with E-state index in [0.29, 0.717) is 5.69 Å². The molecule has 0 heterocycles. The minimum absolute atomic E-state index is 0.252. The summed E-state index contributed by atoms with van der Waals surface area (Å²) in [6.07, 6.45) is 0.252. The topological polar surface area (TPSA) is 87.9 Å². The predicted octanol–water partition coefficient (Wildman–Crippen LogP) is 3.01. The molecule has 0 amide bonds. The van der Waals surface area contributed by atoms with E-state index in [4.69, 9.17) is 19.3 Å². The van der Waals surface area contributed by atoms with Crippen molar-refractivity contribution in [3.8, 4) is 0 Å². The van der Waals surface area contributed by atoms with Crippen LogP contribution in [0.1, 0.15) is 5.56 Å². The van der Waals surface area contributed by atoms with Gasteiger partial charge < -0.3 is 14.8 Å². The highest BCUT2D eigenvalue weighted by Crippen LogP contribution is 2.61. The van der Waals surface area contributed by atoms with Gasteiger partial charge in [-0.05, 0) is 22.3 Å². The molecule has 0 aromatic heterocycles. The van der Waals surface area contributed by atoms with Crippen LogP contribution in [-0.4, -0.2) is 26.7 Å². The molecule has 0 aliphatic carbocycles. The van der Waals surface area contributed by atoms with Crippen LogP contribution >= 0.6 is 15.6 Å². The highest BCUT2D eigenvalue weighted by molar-refractivity contribution is 7.67. The SMILES string of the molecule is CO[P+](=O)C(Cc1ccc(N)cc1)P(=O)(OC)OC. The first-order chi connectivity index (χ1) is 8.96. The van der Waals surface area contributed by atoms with Gasteiger partial charge in [0.15, 0.2) is 0 Å². The van der Waals surface area contributed by atoms with Crippen LogP contribution in [0.15, 0.2) is 24.3 Å². The molecule has 0 radical (unpaired) electrons. The molecule has 19 heavy (non-hydrogen) atoms. The van der Waals surface area contributed by atoms with Gasteiger partial charge in [-0.25, -0.2) is 0 Å². The van der Waals surface area contributed by atoms with E-state index < -0.39 is 21.0 Å². The molecule has 8 heteroatoms. The predicted molar refractivity (Wildman–Crippen MR) is 74.6 cm³/mol. The summed E-state index contributed by atoms with van der Waals surface area (Å²) in [7, 11) is -1.83. The largest absolute Gasteiger partial charge is 0.524 e. The zero-order valence-electron chi connectivity index (χ0n) is 11.1. The molecule has 1 aromatic rings. The van der Waals surface area contributed by atoms with Crippen molar-refractivity contribution in [1.82, 2.24) is 0 Å². The van der Waals surface area contributed by atoms with Gasteiger partial charge in [0, 0.05) is 26.3 Å². The number of hydrogen-bond donors (Lipinski definition) is 1. The smallest absolute Gasteiger partial charge is 0.399 e. The molecule has 1 aromatic carbocycles. The van der Waals surface area contributed by atoms with E-state index in [1.165, 1.54) is 21.3 Å². The molecule has 0 saturated heterocycles. The minimum Gasteiger partial charge on any atom is -0.399 e. The summed E-state index contributed by atoms with van der Waals surface area (Å²) in [6.45, 7) is 0. The maximum atomic E-state index is 12.4. The van der Waals surface area contributed by atoms with Crippen molar-refractivity contribution in [3.63, 3.8) is 0 Å². The van der Waals surface area contributed by atoms with Crippen LogP contribution in [-0.2, 0) is 29.1 Å². The number of hydrogen-bond acceptors (Lipinski definition) is 6. The number of rotatable bonds is 7. The Morgan fingerprint density at radius 1 is 1.21 bits per heavy atom. The van der Waals surface area contributed by atoms with Crippen LogP contribution in [0, 0.1) is 0 Å². The Morgan fingerprint density at radius 2 is 1.74 bits per heavy atom. The molecule has 0 spiro atoms. The minimum atomic E-state index is -3.48. The standard InChI is InChI=1S/C11H18NO5P2/c1-15-18(13)11(19(14,16-2)17-3)8-9-4-6-10(12)7-5-9/h4-7,11H,8,12H2,1-3H3/q+1. The third kappa shape index (κ3) is 4.10. The van der Waals surface area contributed by atoms with E-state index in [0.717, 1.165) is 5.56 Å². The van der Waals surface area contributed by atoms with Gasteiger partial charge in [0.05, 0.1) is 7.11 Å². The van der Waals surface area contributed by atoms with Gasteiger partial charge in [0.2, 0.25) is 0 Å². The monoisotopic (exact) mass is 306 g/mol. The van der Waals surface area contributed by atoms with E-state index >= 15 is 0 Å². The summed E-state index contributed by atoms with van der Waals surface area (Å²) in [5.74, 6) is 0. The molecule has 2 unspecified atom stereocenters. The van der Waals surface area contributed by atoms with Crippen LogP contribution in [0.5, 0.6) is 0 Å². The van der Waals surface area contributed by atoms with E-state index in [1.807, 2.05) is 0 Å². The Morgan fingerprint density at radius 3 is 2.16 bits per heavy atom. The second kappa shape index (κ2) is 7.13. The fourth-order valence-electron chi connectivity index (χ4n) is 1.61. The van der Waals surface area contributed by atoms with Crippen LogP contribution in [0.3, 0.4) is 0 Å². The van der Waals surface area contributed by atoms with E-state index in [2.05, 4.69) is 0 Å². The lowest BCUT2D eigenvalue weighted by atomic mass is 10.1. The molecular weight excluding hydrogens is 288 g/mol. The lowest BCUT2D eigenvalue weighted by molar-refractivity contribution is 0.270. The first-order valence-corrected chi connectivity index (χ1v) is 8.38. The Bertz CT molecular complexity index is 468. The van der Waals surface area contributed by atoms with Gasteiger partial charge >= 0.3 is 15.6 Å². The highest BCUT2D eigenvalue weighted by Gasteiger charge is 2.50. The van der Waals surface area contributed by atoms with E-state index in [1.54, 1.807) is 24.3 Å². The molecule has 106 valence electrons. The summed E-state index contributed by atoms with van der Waals surface area (Å²) in [5.41, 5.74) is 7.05. The first kappa shape index (κ1) is 16.3. The molecule has 1 rings (SSSR count). The Kier molecular flexibility index (Phi) is 6.11. The fourth-order valence-corrected chi connectivity index (χ4v) is 5.05. The van der Waals surface area contributed by atoms with Gasteiger partial charge in [-0.2, -0.15) is 0 Å². The van der Waals surface area contributed by atoms with Crippen molar-refractivity contribution in [2.24, 2.45) is 0 Å². The lowest BCUT2D eigenvalue weighted by Crippen LogP contribution is -2.11. The maximum absolute atomic E-state index is 12.4. The Hall–Kier alpha value is -0.770. The number of anilines is 1. The summed E-state index contributed by atoms with van der Waals surface area (Å²) < 4.78 is 38.9. The second-order valence-electron chi connectivity index (χ2n) is 3.80. The molecule has 2 atom stereocenters. The summed E-state index contributed by atoms with van der Waals surface area (Å²) in [4.78, 5) is 0. The van der Waals surface area contributed by atoms with Crippen molar-refractivity contribution in [3.05, 3.63) is 29.8 Å². The first-order valence-electron chi connectivity index (χ1n) is 5.53. The van der Waals surface area contributed by atoms with Gasteiger partial charge in [0.1, 0.15) is 0 Å². The number of nitrogen functional groups attached to an aromatic ring is 1. The quantitative estimate of drug-likeness (QED) is 0.615. The van der Waals surface area contributed by atoms with Crippen LogP contribution in [0.25, 0.3) is 0 Å². The van der Waals surface area contributed by atoms with Crippen LogP contribution in [0.4, 0.5) is 5.69 Å². The molecule has 0 bridgehead atoms. The Labute approximate surface area is 113 Å². The third-order valence-corrected chi connectivity index (χ3v) is 7.07. The normalized spacial score (nSPS) is 14.2. The van der Waals surface area contributed by atoms with Gasteiger partial charge in [-0.15, -0.1) is 4.52 Å². The summed E-state index contributed by atoms with van der Waals surface area (Å²) >= 11 is 0. The van der Waals surface area contributed by atoms with Crippen molar-refractivity contribution in [2.75, 3.05) is 27.1 Å². The van der Waals surface area contributed by atoms with E-state index in [-0.39, 0.29) is 6.42 Å². The molecule has 0 aliphatic heterocycles. The lowest BCUT2D eigenvalue weighted by Gasteiger charge is -2.16. The van der Waals surface area contributed by atoms with E-state index in [9.17, 15) is 9.13 Å². The number of nitrogens with two attached hydrogens (primary N) is 1. The average molecular weight is 306 g/mol. The van der Waals surface area contributed by atoms with Gasteiger partial charge in [0.25, 0.3) is 5.40 Å². The summed E-state index contributed by atoms with van der Waals surface area (Å²) in [6, 6.07) is 6.99. The Balaban J connectivity index is 3.02. The molecule has 0 saturated carbocycles. The zero-order valence-corrected chi connectivity index (χ0v) is 12.9.